The smallest absolute Gasteiger partial charge is 0.243 e. The number of phenols is 3. The Morgan fingerprint density at radius 1 is 0.690 bits per heavy atom. The zero-order chi connectivity index (χ0) is 43.5. The Hall–Kier alpha value is -4.93. The van der Waals surface area contributed by atoms with Crippen LogP contribution >= 0.6 is 0 Å². The van der Waals surface area contributed by atoms with Crippen molar-refractivity contribution in [2.75, 3.05) is 0 Å². The van der Waals surface area contributed by atoms with E-state index in [0.717, 1.165) is 38.5 Å². The van der Waals surface area contributed by atoms with Gasteiger partial charge < -0.3 is 58.1 Å². The van der Waals surface area contributed by atoms with Crippen LogP contribution in [-0.2, 0) is 24.0 Å². The normalized spacial score (nSPS) is 14.5. The SMILES string of the molecule is CCCCCCCCC[C@@H](O)CC(=O)N[C@@H](CC(N)=O)C(=O)N[C@@H](CCC(N)=O)C(=O)N[C@@H](CC(C)C)CC(O)c1cc(C)cc(O)c1C(O)c1c(O)cccc1O. The van der Waals surface area contributed by atoms with Gasteiger partial charge in [0.05, 0.1) is 30.6 Å². The van der Waals surface area contributed by atoms with Gasteiger partial charge >= 0.3 is 0 Å². The zero-order valence-corrected chi connectivity index (χ0v) is 34.2. The summed E-state index contributed by atoms with van der Waals surface area (Å²) in [6.07, 6.45) is 2.04. The van der Waals surface area contributed by atoms with Crippen LogP contribution in [0.1, 0.15) is 145 Å². The molecular weight excluding hydrogens is 750 g/mol. The van der Waals surface area contributed by atoms with Crippen molar-refractivity contribution in [3.8, 4) is 17.2 Å². The van der Waals surface area contributed by atoms with Gasteiger partial charge in [-0.1, -0.05) is 77.8 Å². The van der Waals surface area contributed by atoms with E-state index < -0.39 is 89.6 Å². The van der Waals surface area contributed by atoms with Crippen LogP contribution in [0.25, 0.3) is 0 Å². The minimum atomic E-state index is -1.76. The first-order valence-electron chi connectivity index (χ1n) is 20.2. The maximum atomic E-state index is 13.8. The third-order valence-electron chi connectivity index (χ3n) is 9.84. The number of phenolic OH excluding ortho intramolecular Hbond substituents is 3. The van der Waals surface area contributed by atoms with Crippen molar-refractivity contribution in [2.24, 2.45) is 17.4 Å². The first kappa shape index (κ1) is 49.2. The van der Waals surface area contributed by atoms with Crippen molar-refractivity contribution in [3.63, 3.8) is 0 Å². The fraction of sp³-hybridized carbons (Fsp3) is 0.595. The number of rotatable bonds is 27. The lowest BCUT2D eigenvalue weighted by atomic mass is 9.87. The van der Waals surface area contributed by atoms with E-state index in [-0.39, 0.29) is 48.3 Å². The molecule has 0 fully saturated rings. The second kappa shape index (κ2) is 24.8. The molecule has 16 heteroatoms. The summed E-state index contributed by atoms with van der Waals surface area (Å²) in [6.45, 7) is 7.53. The molecule has 13 N–H and O–H groups in total. The highest BCUT2D eigenvalue weighted by atomic mass is 16.3. The predicted molar refractivity (Wildman–Crippen MR) is 217 cm³/mol. The van der Waals surface area contributed by atoms with Gasteiger partial charge in [-0.2, -0.15) is 0 Å². The Kier molecular flexibility index (Phi) is 21.0. The molecule has 0 aliphatic rings. The van der Waals surface area contributed by atoms with Crippen molar-refractivity contribution in [3.05, 3.63) is 52.6 Å². The fourth-order valence-corrected chi connectivity index (χ4v) is 6.97. The average molecular weight is 816 g/mol. The molecule has 324 valence electrons. The maximum absolute atomic E-state index is 13.8. The molecule has 0 aliphatic carbocycles. The molecule has 58 heavy (non-hydrogen) atoms. The molecule has 0 saturated heterocycles. The van der Waals surface area contributed by atoms with Gasteiger partial charge in [-0.05, 0) is 67.9 Å². The molecule has 0 radical (unpaired) electrons. The van der Waals surface area contributed by atoms with Crippen LogP contribution < -0.4 is 27.4 Å². The highest BCUT2D eigenvalue weighted by Gasteiger charge is 2.32. The summed E-state index contributed by atoms with van der Waals surface area (Å²) in [5.74, 6) is -5.45. The Labute approximate surface area is 340 Å². The fourth-order valence-electron chi connectivity index (χ4n) is 6.97. The van der Waals surface area contributed by atoms with Crippen LogP contribution in [-0.4, -0.2) is 84.4 Å². The summed E-state index contributed by atoms with van der Waals surface area (Å²) in [5.41, 5.74) is 10.9. The summed E-state index contributed by atoms with van der Waals surface area (Å²) < 4.78 is 0. The quantitative estimate of drug-likeness (QED) is 0.0583. The van der Waals surface area contributed by atoms with E-state index >= 15 is 0 Å². The van der Waals surface area contributed by atoms with Crippen molar-refractivity contribution in [1.29, 1.82) is 0 Å². The van der Waals surface area contributed by atoms with Crippen molar-refractivity contribution >= 4 is 29.5 Å². The van der Waals surface area contributed by atoms with Crippen molar-refractivity contribution in [1.82, 2.24) is 16.0 Å². The number of hydrogen-bond acceptors (Lipinski definition) is 11. The number of aryl methyl sites for hydroxylation is 1. The molecule has 6 atom stereocenters. The molecule has 0 aromatic heterocycles. The second-order valence-electron chi connectivity index (χ2n) is 15.6. The molecule has 5 amide bonds. The largest absolute Gasteiger partial charge is 0.508 e. The van der Waals surface area contributed by atoms with Crippen LogP contribution in [0.2, 0.25) is 0 Å². The van der Waals surface area contributed by atoms with Gasteiger partial charge in [0, 0.05) is 18.0 Å². The van der Waals surface area contributed by atoms with Crippen LogP contribution in [0.3, 0.4) is 0 Å². The van der Waals surface area contributed by atoms with Gasteiger partial charge in [0.15, 0.2) is 0 Å². The van der Waals surface area contributed by atoms with E-state index in [1.165, 1.54) is 36.8 Å². The number of carbonyl (C=O) groups excluding carboxylic acids is 5. The van der Waals surface area contributed by atoms with E-state index in [4.69, 9.17) is 11.5 Å². The highest BCUT2D eigenvalue weighted by Crippen LogP contribution is 2.43. The van der Waals surface area contributed by atoms with Gasteiger partial charge in [0.2, 0.25) is 29.5 Å². The maximum Gasteiger partial charge on any atom is 0.243 e. The number of carbonyl (C=O) groups is 5. The molecule has 0 bridgehead atoms. The lowest BCUT2D eigenvalue weighted by molar-refractivity contribution is -0.134. The van der Waals surface area contributed by atoms with Gasteiger partial charge in [-0.25, -0.2) is 0 Å². The molecule has 2 aromatic rings. The lowest BCUT2D eigenvalue weighted by Crippen LogP contribution is -2.56. The highest BCUT2D eigenvalue weighted by molar-refractivity contribution is 5.95. The number of aliphatic hydroxyl groups is 3. The van der Waals surface area contributed by atoms with Gasteiger partial charge in [-0.3, -0.25) is 24.0 Å². The van der Waals surface area contributed by atoms with Crippen LogP contribution in [0.5, 0.6) is 17.2 Å². The number of nitrogens with one attached hydrogen (secondary N) is 3. The zero-order valence-electron chi connectivity index (χ0n) is 34.2. The van der Waals surface area contributed by atoms with E-state index in [0.29, 0.717) is 18.4 Å². The number of benzene rings is 2. The average Bonchev–Trinajstić information content (AvgIpc) is 3.11. The molecule has 16 nitrogen and oxygen atoms in total. The number of unbranched alkanes of at least 4 members (excludes halogenated alkanes) is 6. The second-order valence-corrected chi connectivity index (χ2v) is 15.6. The van der Waals surface area contributed by atoms with Crippen LogP contribution in [0, 0.1) is 12.8 Å². The summed E-state index contributed by atoms with van der Waals surface area (Å²) in [5, 5.41) is 72.9. The van der Waals surface area contributed by atoms with Gasteiger partial charge in [0.1, 0.15) is 35.4 Å². The Morgan fingerprint density at radius 3 is 1.88 bits per heavy atom. The first-order chi connectivity index (χ1) is 27.3. The Morgan fingerprint density at radius 2 is 1.29 bits per heavy atom. The summed E-state index contributed by atoms with van der Waals surface area (Å²) in [7, 11) is 0. The molecule has 2 rings (SSSR count). The molecule has 0 saturated carbocycles. The summed E-state index contributed by atoms with van der Waals surface area (Å²) in [4.78, 5) is 63.9. The third kappa shape index (κ3) is 16.9. The van der Waals surface area contributed by atoms with E-state index in [2.05, 4.69) is 22.9 Å². The predicted octanol–water partition coefficient (Wildman–Crippen LogP) is 3.15. The molecule has 2 aromatic carbocycles. The van der Waals surface area contributed by atoms with Crippen molar-refractivity contribution < 1.29 is 54.6 Å². The molecule has 2 unspecified atom stereocenters. The number of nitrogens with two attached hydrogens (primary N) is 2. The van der Waals surface area contributed by atoms with Crippen molar-refractivity contribution in [2.45, 2.75) is 154 Å². The number of primary amides is 2. The monoisotopic (exact) mass is 815 g/mol. The summed E-state index contributed by atoms with van der Waals surface area (Å²) in [6, 6.07) is 3.03. The van der Waals surface area contributed by atoms with E-state index in [1.54, 1.807) is 6.92 Å². The number of hydrogen-bond donors (Lipinski definition) is 11. The lowest BCUT2D eigenvalue weighted by Gasteiger charge is -2.29. The molecule has 0 aliphatic heterocycles. The minimum absolute atomic E-state index is 0.0401. The van der Waals surface area contributed by atoms with Crippen LogP contribution in [0.15, 0.2) is 30.3 Å². The molecular formula is C42H65N5O11. The number of amides is 5. The van der Waals surface area contributed by atoms with Gasteiger partial charge in [0.25, 0.3) is 0 Å². The standard InChI is InChI=1S/C42H65N5O11/c1-5-6-7-8-9-10-11-13-27(48)22-37(55)46-30(23-36(44)54)42(58)47-29(16-17-35(43)53)41(57)45-26(18-24(2)3)21-33(51)28-19-25(4)20-34(52)38(28)40(56)39-31(49)14-12-15-32(39)50/h12,14-15,19-20,24,26-27,29-30,33,40,48-52,56H,5-11,13,16-18,21-23H2,1-4H3,(H2,43,53)(H2,44,54)(H,45,57)(H,46,55)(H,47,58)/t26-,27+,29-,30-,33?,40?/m0/s1. The van der Waals surface area contributed by atoms with Crippen LogP contribution in [0.4, 0.5) is 0 Å². The molecule has 0 spiro atoms. The van der Waals surface area contributed by atoms with Gasteiger partial charge in [-0.15, -0.1) is 0 Å². The van der Waals surface area contributed by atoms with E-state index in [9.17, 15) is 54.6 Å². The third-order valence-corrected chi connectivity index (χ3v) is 9.84. The van der Waals surface area contributed by atoms with E-state index in [1.807, 2.05) is 13.8 Å². The minimum Gasteiger partial charge on any atom is -0.508 e. The molecule has 0 heterocycles. The first-order valence-corrected chi connectivity index (χ1v) is 20.2. The Balaban J connectivity index is 2.27. The topological polar surface area (TPSA) is 295 Å². The summed E-state index contributed by atoms with van der Waals surface area (Å²) >= 11 is 0. The number of aromatic hydroxyl groups is 3. The Bertz CT molecular complexity index is 1650. The number of aliphatic hydroxyl groups excluding tert-OH is 3.